The number of urea groups is 1. The van der Waals surface area contributed by atoms with Crippen LogP contribution < -0.4 is 15.5 Å². The quantitative estimate of drug-likeness (QED) is 0.781. The summed E-state index contributed by atoms with van der Waals surface area (Å²) < 4.78 is 27.5. The SMILES string of the molecule is C[C@H](CO)[C@@H](C)NC(=O)Nc1cc(F)c(N(C)C)c(F)c1. The van der Waals surface area contributed by atoms with Crippen molar-refractivity contribution in [3.63, 3.8) is 0 Å². The van der Waals surface area contributed by atoms with Crippen molar-refractivity contribution in [3.8, 4) is 0 Å². The van der Waals surface area contributed by atoms with Gasteiger partial charge in [0.2, 0.25) is 0 Å². The number of hydrogen-bond acceptors (Lipinski definition) is 3. The molecule has 0 heterocycles. The van der Waals surface area contributed by atoms with Crippen molar-refractivity contribution >= 4 is 17.4 Å². The van der Waals surface area contributed by atoms with Gasteiger partial charge in [0.1, 0.15) is 5.69 Å². The summed E-state index contributed by atoms with van der Waals surface area (Å²) in [6, 6.07) is 1.25. The van der Waals surface area contributed by atoms with E-state index in [1.165, 1.54) is 19.0 Å². The van der Waals surface area contributed by atoms with Gasteiger partial charge in [-0.15, -0.1) is 0 Å². The number of hydrogen-bond donors (Lipinski definition) is 3. The Morgan fingerprint density at radius 3 is 2.24 bits per heavy atom. The van der Waals surface area contributed by atoms with Gasteiger partial charge in [-0.25, -0.2) is 13.6 Å². The van der Waals surface area contributed by atoms with Crippen LogP contribution in [0.25, 0.3) is 0 Å². The molecule has 0 radical (unpaired) electrons. The first-order chi connectivity index (χ1) is 9.76. The van der Waals surface area contributed by atoms with E-state index in [-0.39, 0.29) is 29.9 Å². The van der Waals surface area contributed by atoms with Crippen molar-refractivity contribution in [1.82, 2.24) is 5.32 Å². The lowest BCUT2D eigenvalue weighted by Crippen LogP contribution is -2.40. The monoisotopic (exact) mass is 301 g/mol. The van der Waals surface area contributed by atoms with Crippen LogP contribution in [-0.4, -0.2) is 37.9 Å². The van der Waals surface area contributed by atoms with Gasteiger partial charge in [-0.2, -0.15) is 0 Å². The predicted molar refractivity (Wildman–Crippen MR) is 78.6 cm³/mol. The molecule has 0 bridgehead atoms. The number of halogens is 2. The molecule has 5 nitrogen and oxygen atoms in total. The summed E-state index contributed by atoms with van der Waals surface area (Å²) in [5.74, 6) is -1.64. The van der Waals surface area contributed by atoms with Crippen LogP contribution in [0.4, 0.5) is 25.0 Å². The van der Waals surface area contributed by atoms with Gasteiger partial charge in [-0.1, -0.05) is 6.92 Å². The zero-order valence-corrected chi connectivity index (χ0v) is 12.6. The van der Waals surface area contributed by atoms with Crippen LogP contribution in [0.1, 0.15) is 13.8 Å². The molecule has 0 aliphatic heterocycles. The molecule has 118 valence electrons. The number of carbonyl (C=O) groups excluding carboxylic acids is 1. The smallest absolute Gasteiger partial charge is 0.319 e. The summed E-state index contributed by atoms with van der Waals surface area (Å²) >= 11 is 0. The number of benzene rings is 1. The number of aliphatic hydroxyl groups excluding tert-OH is 1. The highest BCUT2D eigenvalue weighted by molar-refractivity contribution is 5.89. The highest BCUT2D eigenvalue weighted by atomic mass is 19.1. The third-order valence-electron chi connectivity index (χ3n) is 3.22. The zero-order chi connectivity index (χ0) is 16.2. The molecule has 0 aromatic heterocycles. The van der Waals surface area contributed by atoms with Gasteiger partial charge in [0.25, 0.3) is 0 Å². The lowest BCUT2D eigenvalue weighted by Gasteiger charge is -2.20. The normalized spacial score (nSPS) is 13.5. The Kier molecular flexibility index (Phi) is 5.90. The highest BCUT2D eigenvalue weighted by Gasteiger charge is 2.16. The van der Waals surface area contributed by atoms with Crippen molar-refractivity contribution in [2.75, 3.05) is 30.9 Å². The van der Waals surface area contributed by atoms with E-state index in [1.807, 2.05) is 0 Å². The molecule has 2 atom stereocenters. The number of rotatable bonds is 5. The van der Waals surface area contributed by atoms with Crippen LogP contribution in [0, 0.1) is 17.6 Å². The fraction of sp³-hybridized carbons (Fsp3) is 0.500. The lowest BCUT2D eigenvalue weighted by molar-refractivity contribution is 0.204. The molecule has 1 aromatic rings. The van der Waals surface area contributed by atoms with Crippen LogP contribution in [0.2, 0.25) is 0 Å². The third-order valence-corrected chi connectivity index (χ3v) is 3.22. The van der Waals surface area contributed by atoms with Crippen molar-refractivity contribution < 1.29 is 18.7 Å². The minimum absolute atomic E-state index is 0.0250. The Balaban J connectivity index is 2.78. The zero-order valence-electron chi connectivity index (χ0n) is 12.6. The maximum atomic E-state index is 13.8. The van der Waals surface area contributed by atoms with Gasteiger partial charge in [-0.3, -0.25) is 0 Å². The maximum absolute atomic E-state index is 13.8. The van der Waals surface area contributed by atoms with Crippen LogP contribution >= 0.6 is 0 Å². The minimum Gasteiger partial charge on any atom is -0.396 e. The number of nitrogens with zero attached hydrogens (tertiary/aromatic N) is 1. The van der Waals surface area contributed by atoms with E-state index in [4.69, 9.17) is 5.11 Å². The average molecular weight is 301 g/mol. The molecular weight excluding hydrogens is 280 g/mol. The van der Waals surface area contributed by atoms with Crippen molar-refractivity contribution in [2.24, 2.45) is 5.92 Å². The molecule has 0 saturated heterocycles. The number of carbonyl (C=O) groups is 1. The van der Waals surface area contributed by atoms with Gasteiger partial charge in [-0.05, 0) is 25.0 Å². The summed E-state index contributed by atoms with van der Waals surface area (Å²) in [7, 11) is 3.05. The molecule has 0 aliphatic rings. The number of anilines is 2. The summed E-state index contributed by atoms with van der Waals surface area (Å²) in [6.45, 7) is 3.44. The first-order valence-electron chi connectivity index (χ1n) is 6.61. The number of amides is 2. The highest BCUT2D eigenvalue weighted by Crippen LogP contribution is 2.25. The topological polar surface area (TPSA) is 64.6 Å². The average Bonchev–Trinajstić information content (AvgIpc) is 2.35. The summed E-state index contributed by atoms with van der Waals surface area (Å²) in [6.07, 6.45) is 0. The van der Waals surface area contributed by atoms with E-state index in [0.29, 0.717) is 0 Å². The summed E-state index contributed by atoms with van der Waals surface area (Å²) in [5.41, 5.74) is -0.139. The lowest BCUT2D eigenvalue weighted by atomic mass is 10.1. The van der Waals surface area contributed by atoms with E-state index < -0.39 is 17.7 Å². The van der Waals surface area contributed by atoms with Gasteiger partial charge in [0, 0.05) is 32.4 Å². The Bertz CT molecular complexity index is 486. The molecule has 0 saturated carbocycles. The van der Waals surface area contributed by atoms with Crippen LogP contribution in [0.3, 0.4) is 0 Å². The molecule has 7 heteroatoms. The van der Waals surface area contributed by atoms with Gasteiger partial charge >= 0.3 is 6.03 Å². The van der Waals surface area contributed by atoms with E-state index in [0.717, 1.165) is 12.1 Å². The van der Waals surface area contributed by atoms with Crippen LogP contribution in [0.15, 0.2) is 12.1 Å². The largest absolute Gasteiger partial charge is 0.396 e. The Hall–Kier alpha value is -1.89. The molecular formula is C14H21F2N3O2. The Labute approximate surface area is 122 Å². The third kappa shape index (κ3) is 4.56. The van der Waals surface area contributed by atoms with Crippen molar-refractivity contribution in [2.45, 2.75) is 19.9 Å². The van der Waals surface area contributed by atoms with Crippen LogP contribution in [-0.2, 0) is 0 Å². The van der Waals surface area contributed by atoms with E-state index in [9.17, 15) is 13.6 Å². The fourth-order valence-electron chi connectivity index (χ4n) is 1.74. The first-order valence-corrected chi connectivity index (χ1v) is 6.61. The van der Waals surface area contributed by atoms with E-state index in [1.54, 1.807) is 13.8 Å². The second kappa shape index (κ2) is 7.21. The number of nitrogens with one attached hydrogen (secondary N) is 2. The molecule has 0 spiro atoms. The molecule has 1 rings (SSSR count). The first kappa shape index (κ1) is 17.2. The Morgan fingerprint density at radius 1 is 1.29 bits per heavy atom. The van der Waals surface area contributed by atoms with Gasteiger partial charge in [0.15, 0.2) is 11.6 Å². The molecule has 2 amide bonds. The molecule has 3 N–H and O–H groups in total. The minimum atomic E-state index is -0.757. The molecule has 21 heavy (non-hydrogen) atoms. The second-order valence-corrected chi connectivity index (χ2v) is 5.23. The van der Waals surface area contributed by atoms with Crippen LogP contribution in [0.5, 0.6) is 0 Å². The second-order valence-electron chi connectivity index (χ2n) is 5.23. The van der Waals surface area contributed by atoms with Crippen molar-refractivity contribution in [3.05, 3.63) is 23.8 Å². The van der Waals surface area contributed by atoms with Crippen molar-refractivity contribution in [1.29, 1.82) is 0 Å². The molecule has 0 unspecified atom stereocenters. The number of aliphatic hydroxyl groups is 1. The van der Waals surface area contributed by atoms with E-state index >= 15 is 0 Å². The standard InChI is InChI=1S/C14H21F2N3O2/c1-8(7-20)9(2)17-14(21)18-10-5-11(15)13(19(3)4)12(16)6-10/h5-6,8-9,20H,7H2,1-4H3,(H2,17,18,21)/t8-,9-/m1/s1. The van der Waals surface area contributed by atoms with Gasteiger partial charge in [0.05, 0.1) is 0 Å². The molecule has 0 aliphatic carbocycles. The fourth-order valence-corrected chi connectivity index (χ4v) is 1.74. The Morgan fingerprint density at radius 2 is 1.81 bits per heavy atom. The maximum Gasteiger partial charge on any atom is 0.319 e. The summed E-state index contributed by atoms with van der Waals surface area (Å²) in [5, 5.41) is 13.9. The summed E-state index contributed by atoms with van der Waals surface area (Å²) in [4.78, 5) is 13.0. The molecule has 1 aromatic carbocycles. The predicted octanol–water partition coefficient (Wildman–Crippen LogP) is 2.17. The van der Waals surface area contributed by atoms with Gasteiger partial charge < -0.3 is 20.6 Å². The molecule has 0 fully saturated rings. The van der Waals surface area contributed by atoms with E-state index in [2.05, 4.69) is 10.6 Å².